The first kappa shape index (κ1) is 15.1. The lowest BCUT2D eigenvalue weighted by atomic mass is 9.70. The van der Waals surface area contributed by atoms with E-state index >= 15 is 0 Å². The van der Waals surface area contributed by atoms with Gasteiger partial charge in [-0.25, -0.2) is 9.37 Å². The summed E-state index contributed by atoms with van der Waals surface area (Å²) in [5, 5.41) is 9.43. The van der Waals surface area contributed by atoms with Crippen molar-refractivity contribution in [1.82, 2.24) is 15.2 Å². The van der Waals surface area contributed by atoms with E-state index in [0.29, 0.717) is 22.4 Å². The Labute approximate surface area is 140 Å². The topological polar surface area (TPSA) is 38.7 Å². The fourth-order valence-electron chi connectivity index (χ4n) is 4.18. The Morgan fingerprint density at radius 2 is 2.00 bits per heavy atom. The molecule has 5 heteroatoms. The predicted molar refractivity (Wildman–Crippen MR) is 88.9 cm³/mol. The first-order chi connectivity index (χ1) is 10.9. The predicted octanol–water partition coefficient (Wildman–Crippen LogP) is 4.48. The summed E-state index contributed by atoms with van der Waals surface area (Å²) in [4.78, 5) is 4.81. The van der Waals surface area contributed by atoms with Gasteiger partial charge in [0.25, 0.3) is 0 Å². The first-order valence-electron chi connectivity index (χ1n) is 8.05. The Morgan fingerprint density at radius 1 is 1.22 bits per heavy atom. The number of aromatic nitrogens is 3. The van der Waals surface area contributed by atoms with E-state index in [-0.39, 0.29) is 16.6 Å². The summed E-state index contributed by atoms with van der Waals surface area (Å²) in [6.07, 6.45) is 2.34. The molecule has 2 bridgehead atoms. The molecule has 2 aliphatic rings. The fourth-order valence-corrected chi connectivity index (χ4v) is 4.95. The Balaban J connectivity index is 1.62. The number of halogens is 1. The summed E-state index contributed by atoms with van der Waals surface area (Å²) < 4.78 is 13.7. The molecule has 0 aliphatic heterocycles. The van der Waals surface area contributed by atoms with Gasteiger partial charge in [0.15, 0.2) is 0 Å². The molecule has 2 aliphatic carbocycles. The highest BCUT2D eigenvalue weighted by atomic mass is 32.2. The van der Waals surface area contributed by atoms with Crippen LogP contribution < -0.4 is 0 Å². The van der Waals surface area contributed by atoms with Crippen molar-refractivity contribution in [2.24, 2.45) is 5.41 Å². The van der Waals surface area contributed by atoms with E-state index in [0.717, 1.165) is 17.8 Å². The van der Waals surface area contributed by atoms with Crippen molar-refractivity contribution in [3.8, 4) is 0 Å². The average Bonchev–Trinajstić information content (AvgIpc) is 2.86. The molecule has 0 radical (unpaired) electrons. The largest absolute Gasteiger partial charge is 0.224 e. The van der Waals surface area contributed by atoms with Crippen molar-refractivity contribution in [2.75, 3.05) is 0 Å². The van der Waals surface area contributed by atoms with E-state index in [1.54, 1.807) is 12.1 Å². The van der Waals surface area contributed by atoms with Gasteiger partial charge in [0.2, 0.25) is 5.16 Å². The minimum atomic E-state index is -0.179. The van der Waals surface area contributed by atoms with E-state index in [1.807, 2.05) is 6.07 Å². The van der Waals surface area contributed by atoms with Gasteiger partial charge < -0.3 is 0 Å². The Hall–Kier alpha value is -1.49. The maximum absolute atomic E-state index is 13.7. The minimum absolute atomic E-state index is 0.0796. The first-order valence-corrected chi connectivity index (χ1v) is 9.03. The maximum Gasteiger partial charge on any atom is 0.209 e. The van der Waals surface area contributed by atoms with Crippen LogP contribution in [-0.2, 0) is 11.2 Å². The maximum atomic E-state index is 13.7. The van der Waals surface area contributed by atoms with Gasteiger partial charge in [-0.3, -0.25) is 0 Å². The van der Waals surface area contributed by atoms with Crippen LogP contribution in [-0.4, -0.2) is 15.2 Å². The van der Waals surface area contributed by atoms with Crippen LogP contribution in [0.15, 0.2) is 29.4 Å². The van der Waals surface area contributed by atoms with Crippen LogP contribution in [0.2, 0.25) is 0 Å². The van der Waals surface area contributed by atoms with Crippen LogP contribution in [0.5, 0.6) is 0 Å². The molecule has 0 spiro atoms. The second-order valence-electron chi connectivity index (χ2n) is 7.35. The Bertz CT molecular complexity index is 777. The molecule has 23 heavy (non-hydrogen) atoms. The van der Waals surface area contributed by atoms with Gasteiger partial charge in [-0.2, -0.15) is 5.10 Å². The van der Waals surface area contributed by atoms with Crippen LogP contribution in [0, 0.1) is 11.2 Å². The van der Waals surface area contributed by atoms with E-state index < -0.39 is 0 Å². The molecule has 2 atom stereocenters. The highest BCUT2D eigenvalue weighted by molar-refractivity contribution is 7.98. The molecule has 0 saturated heterocycles. The molecule has 1 saturated carbocycles. The van der Waals surface area contributed by atoms with Crippen molar-refractivity contribution in [3.05, 3.63) is 47.0 Å². The van der Waals surface area contributed by atoms with Crippen LogP contribution in [0.4, 0.5) is 4.39 Å². The molecular weight excluding hydrogens is 309 g/mol. The number of hydrogen-bond acceptors (Lipinski definition) is 4. The van der Waals surface area contributed by atoms with E-state index in [1.165, 1.54) is 24.2 Å². The van der Waals surface area contributed by atoms with Crippen molar-refractivity contribution in [1.29, 1.82) is 0 Å². The van der Waals surface area contributed by atoms with Crippen molar-refractivity contribution < 1.29 is 4.39 Å². The second-order valence-corrected chi connectivity index (χ2v) is 8.30. The minimum Gasteiger partial charge on any atom is -0.224 e. The molecule has 0 unspecified atom stereocenters. The normalized spacial score (nSPS) is 27.2. The van der Waals surface area contributed by atoms with Crippen molar-refractivity contribution in [2.45, 2.75) is 55.9 Å². The molecule has 0 N–H and O–H groups in total. The van der Waals surface area contributed by atoms with Gasteiger partial charge >= 0.3 is 0 Å². The fraction of sp³-hybridized carbons (Fsp3) is 0.500. The van der Waals surface area contributed by atoms with Gasteiger partial charge in [0, 0.05) is 17.1 Å². The van der Waals surface area contributed by atoms with Gasteiger partial charge in [0.1, 0.15) is 5.82 Å². The van der Waals surface area contributed by atoms with Crippen LogP contribution in [0.1, 0.15) is 56.5 Å². The number of benzene rings is 1. The van der Waals surface area contributed by atoms with Crippen LogP contribution in [0.3, 0.4) is 0 Å². The van der Waals surface area contributed by atoms with Crippen molar-refractivity contribution in [3.63, 3.8) is 0 Å². The van der Waals surface area contributed by atoms with Crippen molar-refractivity contribution >= 4 is 11.8 Å². The SMILES string of the molecule is CC1(C)[C@H]2CC[C@]1(C)c1nc(SCc3ccccc3F)nnc12. The third-order valence-corrected chi connectivity index (χ3v) is 6.97. The number of thioether (sulfide) groups is 1. The van der Waals surface area contributed by atoms with Gasteiger partial charge in [0.05, 0.1) is 11.4 Å². The molecular formula is C18H20FN3S. The van der Waals surface area contributed by atoms with E-state index in [9.17, 15) is 4.39 Å². The number of nitrogens with zero attached hydrogens (tertiary/aromatic N) is 3. The highest BCUT2D eigenvalue weighted by Gasteiger charge is 2.61. The molecule has 1 aromatic heterocycles. The number of fused-ring (bicyclic) bond motifs is 5. The third-order valence-electron chi connectivity index (χ3n) is 6.09. The Morgan fingerprint density at radius 3 is 2.78 bits per heavy atom. The zero-order valence-electron chi connectivity index (χ0n) is 13.6. The van der Waals surface area contributed by atoms with Gasteiger partial charge in [-0.1, -0.05) is 50.7 Å². The lowest BCUT2D eigenvalue weighted by Gasteiger charge is -2.33. The third kappa shape index (κ3) is 2.05. The number of rotatable bonds is 3. The van der Waals surface area contributed by atoms with Crippen LogP contribution in [0.25, 0.3) is 0 Å². The zero-order chi connectivity index (χ0) is 16.2. The lowest BCUT2D eigenvalue weighted by Crippen LogP contribution is -2.32. The summed E-state index contributed by atoms with van der Waals surface area (Å²) in [7, 11) is 0. The van der Waals surface area contributed by atoms with Gasteiger partial charge in [-0.15, -0.1) is 5.10 Å². The molecule has 0 amide bonds. The summed E-state index contributed by atoms with van der Waals surface area (Å²) >= 11 is 1.46. The zero-order valence-corrected chi connectivity index (χ0v) is 14.5. The molecule has 3 nitrogen and oxygen atoms in total. The lowest BCUT2D eigenvalue weighted by molar-refractivity contribution is 0.226. The second kappa shape index (κ2) is 5.00. The smallest absolute Gasteiger partial charge is 0.209 e. The Kier molecular flexibility index (Phi) is 3.28. The highest BCUT2D eigenvalue weighted by Crippen LogP contribution is 2.66. The molecule has 2 aromatic rings. The molecule has 1 fully saturated rings. The molecule has 1 heterocycles. The molecule has 4 rings (SSSR count). The quantitative estimate of drug-likeness (QED) is 0.778. The van der Waals surface area contributed by atoms with E-state index in [4.69, 9.17) is 4.98 Å². The summed E-state index contributed by atoms with van der Waals surface area (Å²) in [5.41, 5.74) is 3.14. The average molecular weight is 329 g/mol. The molecule has 120 valence electrons. The van der Waals surface area contributed by atoms with E-state index in [2.05, 4.69) is 31.0 Å². The van der Waals surface area contributed by atoms with Gasteiger partial charge in [-0.05, 0) is 29.9 Å². The monoisotopic (exact) mass is 329 g/mol. The molecule has 1 aromatic carbocycles. The summed E-state index contributed by atoms with van der Waals surface area (Å²) in [5.74, 6) is 0.811. The summed E-state index contributed by atoms with van der Waals surface area (Å²) in [6, 6.07) is 6.84. The number of hydrogen-bond donors (Lipinski definition) is 0. The van der Waals surface area contributed by atoms with Crippen LogP contribution >= 0.6 is 11.8 Å². The summed E-state index contributed by atoms with van der Waals surface area (Å²) in [6.45, 7) is 6.94. The standard InChI is InChI=1S/C18H20FN3S/c1-17(2)12-8-9-18(17,3)15-14(12)21-22-16(20-15)23-10-11-6-4-5-7-13(11)19/h4-7,12H,8-10H2,1-3H3/t12-,18+/m0/s1.